The minimum Gasteiger partial charge on any atom is -0.493 e. The quantitative estimate of drug-likeness (QED) is 0.274. The maximum Gasteiger partial charge on any atom is 0.261 e. The van der Waals surface area contributed by atoms with Gasteiger partial charge in [-0.2, -0.15) is 0 Å². The van der Waals surface area contributed by atoms with Gasteiger partial charge in [-0.1, -0.05) is 41.7 Å². The van der Waals surface area contributed by atoms with Gasteiger partial charge in [0.05, 0.1) is 35.1 Å². The average molecular weight is 618 g/mol. The zero-order valence-corrected chi connectivity index (χ0v) is 25.2. The van der Waals surface area contributed by atoms with E-state index < -0.39 is 10.0 Å². The van der Waals surface area contributed by atoms with E-state index in [1.165, 1.54) is 12.1 Å². The van der Waals surface area contributed by atoms with Gasteiger partial charge in [0.1, 0.15) is 5.52 Å². The van der Waals surface area contributed by atoms with Gasteiger partial charge in [0.2, 0.25) is 0 Å². The number of rotatable bonds is 10. The van der Waals surface area contributed by atoms with E-state index in [1.807, 2.05) is 12.1 Å². The fraction of sp³-hybridized carbons (Fsp3) is 0.286. The summed E-state index contributed by atoms with van der Waals surface area (Å²) in [7, 11) is -0.575. The molecule has 13 heteroatoms. The first-order valence-corrected chi connectivity index (χ1v) is 15.1. The summed E-state index contributed by atoms with van der Waals surface area (Å²) in [4.78, 5) is 22.5. The Hall–Kier alpha value is -3.58. The van der Waals surface area contributed by atoms with Crippen molar-refractivity contribution in [3.63, 3.8) is 0 Å². The van der Waals surface area contributed by atoms with E-state index in [1.54, 1.807) is 68.0 Å². The molecule has 1 saturated heterocycles. The highest BCUT2D eigenvalue weighted by Gasteiger charge is 2.22. The van der Waals surface area contributed by atoms with Gasteiger partial charge in [-0.05, 0) is 36.4 Å². The molecule has 218 valence electrons. The number of methoxy groups -OCH3 is 2. The van der Waals surface area contributed by atoms with Gasteiger partial charge in [0, 0.05) is 39.3 Å². The van der Waals surface area contributed by atoms with E-state index in [4.69, 9.17) is 14.5 Å². The monoisotopic (exact) mass is 617 g/mol. The summed E-state index contributed by atoms with van der Waals surface area (Å²) < 4.78 is 40.1. The predicted octanol–water partition coefficient (Wildman–Crippen LogP) is 4.09. The van der Waals surface area contributed by atoms with Crippen LogP contribution in [0.2, 0.25) is 0 Å². The van der Waals surface area contributed by atoms with Crippen LogP contribution in [0.25, 0.3) is 10.2 Å². The van der Waals surface area contributed by atoms with Crippen molar-refractivity contribution >= 4 is 60.7 Å². The van der Waals surface area contributed by atoms with Crippen molar-refractivity contribution in [3.8, 4) is 11.5 Å². The zero-order chi connectivity index (χ0) is 28.1. The first-order chi connectivity index (χ1) is 19.4. The highest BCUT2D eigenvalue weighted by molar-refractivity contribution is 7.92. The Labute approximate surface area is 249 Å². The predicted molar refractivity (Wildman–Crippen MR) is 165 cm³/mol. The van der Waals surface area contributed by atoms with Crippen molar-refractivity contribution in [2.45, 2.75) is 4.90 Å². The third kappa shape index (κ3) is 6.84. The van der Waals surface area contributed by atoms with Crippen LogP contribution >= 0.6 is 23.7 Å². The maximum atomic E-state index is 13.0. The molecule has 41 heavy (non-hydrogen) atoms. The van der Waals surface area contributed by atoms with Gasteiger partial charge in [0.15, 0.2) is 16.6 Å². The number of carbonyl (C=O) groups is 1. The molecule has 1 aliphatic rings. The van der Waals surface area contributed by atoms with E-state index in [9.17, 15) is 13.2 Å². The number of aromatic nitrogens is 1. The van der Waals surface area contributed by atoms with Gasteiger partial charge in [-0.15, -0.1) is 12.4 Å². The van der Waals surface area contributed by atoms with Crippen LogP contribution in [0.15, 0.2) is 71.6 Å². The van der Waals surface area contributed by atoms with Crippen molar-refractivity contribution in [1.29, 1.82) is 0 Å². The number of nitrogens with zero attached hydrogens (tertiary/aromatic N) is 3. The Balaban J connectivity index is 0.00000387. The topological polar surface area (TPSA) is 113 Å². The summed E-state index contributed by atoms with van der Waals surface area (Å²) in [6.07, 6.45) is 0. The Morgan fingerprint density at radius 1 is 0.951 bits per heavy atom. The van der Waals surface area contributed by atoms with Crippen LogP contribution in [0.3, 0.4) is 0 Å². The second-order valence-electron chi connectivity index (χ2n) is 9.19. The molecule has 2 heterocycles. The van der Waals surface area contributed by atoms with Crippen LogP contribution in [0.5, 0.6) is 11.5 Å². The third-order valence-corrected chi connectivity index (χ3v) is 9.18. The Morgan fingerprint density at radius 3 is 2.37 bits per heavy atom. The number of thiazole rings is 1. The van der Waals surface area contributed by atoms with Crippen LogP contribution in [0.4, 0.5) is 10.8 Å². The molecular formula is C28H32ClN5O5S2. The molecule has 0 atom stereocenters. The number of ether oxygens (including phenoxy) is 2. The molecule has 1 aromatic heterocycles. The number of piperazine rings is 1. The molecule has 1 fully saturated rings. The molecule has 0 bridgehead atoms. The normalized spacial score (nSPS) is 13.9. The number of carbonyl (C=O) groups excluding carboxylic acids is 1. The molecule has 1 aliphatic heterocycles. The highest BCUT2D eigenvalue weighted by atomic mass is 35.5. The maximum absolute atomic E-state index is 13.0. The highest BCUT2D eigenvalue weighted by Crippen LogP contribution is 2.40. The second-order valence-corrected chi connectivity index (χ2v) is 11.9. The summed E-state index contributed by atoms with van der Waals surface area (Å²) in [6.45, 7) is 4.42. The van der Waals surface area contributed by atoms with Crippen LogP contribution in [0.1, 0.15) is 10.4 Å². The van der Waals surface area contributed by atoms with Gasteiger partial charge in [0.25, 0.3) is 15.9 Å². The largest absolute Gasteiger partial charge is 0.493 e. The molecule has 0 unspecified atom stereocenters. The number of amides is 1. The van der Waals surface area contributed by atoms with Gasteiger partial charge < -0.3 is 19.7 Å². The molecule has 3 aromatic carbocycles. The van der Waals surface area contributed by atoms with Gasteiger partial charge >= 0.3 is 0 Å². The number of fused-ring (bicyclic) bond motifs is 1. The lowest BCUT2D eigenvalue weighted by Crippen LogP contribution is -2.48. The summed E-state index contributed by atoms with van der Waals surface area (Å²) in [5, 5.41) is 3.88. The molecule has 2 N–H and O–H groups in total. The Kier molecular flexibility index (Phi) is 9.92. The number of para-hydroxylation sites is 1. The van der Waals surface area contributed by atoms with E-state index >= 15 is 0 Å². The lowest BCUT2D eigenvalue weighted by atomic mass is 10.1. The number of halogens is 1. The van der Waals surface area contributed by atoms with E-state index in [-0.39, 0.29) is 34.5 Å². The summed E-state index contributed by atoms with van der Waals surface area (Å²) >= 11 is 1.63. The Morgan fingerprint density at radius 2 is 1.66 bits per heavy atom. The lowest BCUT2D eigenvalue weighted by Gasteiger charge is -2.34. The fourth-order valence-electron chi connectivity index (χ4n) is 4.59. The molecule has 1 amide bonds. The number of sulfonamides is 1. The minimum absolute atomic E-state index is 0. The second kappa shape index (κ2) is 13.4. The first kappa shape index (κ1) is 30.4. The standard InChI is InChI=1S/C28H31N5O5S2.ClH/c1-37-23-12-13-24-25(26(23)38-2)30-28(39-24)33-18-16-32(17-19-33)15-14-29-27(34)21-10-6-7-11-22(21)31-40(35,36)20-8-4-3-5-9-20;/h3-13,31H,14-19H2,1-2H3,(H,29,34);1H. The van der Waals surface area contributed by atoms with Crippen molar-refractivity contribution in [3.05, 3.63) is 72.3 Å². The number of hydrogen-bond acceptors (Lipinski definition) is 9. The fourth-order valence-corrected chi connectivity index (χ4v) is 6.71. The van der Waals surface area contributed by atoms with E-state index in [0.29, 0.717) is 24.6 Å². The van der Waals surface area contributed by atoms with Crippen molar-refractivity contribution in [2.75, 3.05) is 63.1 Å². The number of hydrogen-bond donors (Lipinski definition) is 2. The third-order valence-electron chi connectivity index (χ3n) is 6.72. The zero-order valence-electron chi connectivity index (χ0n) is 22.7. The van der Waals surface area contributed by atoms with Gasteiger partial charge in [-0.25, -0.2) is 13.4 Å². The Bertz CT molecular complexity index is 1590. The smallest absolute Gasteiger partial charge is 0.261 e. The number of nitrogens with one attached hydrogen (secondary N) is 2. The molecule has 0 saturated carbocycles. The molecule has 5 rings (SSSR count). The molecule has 0 radical (unpaired) electrons. The van der Waals surface area contributed by atoms with Crippen molar-refractivity contribution in [2.24, 2.45) is 0 Å². The van der Waals surface area contributed by atoms with Crippen LogP contribution in [-0.4, -0.2) is 77.7 Å². The van der Waals surface area contributed by atoms with Crippen molar-refractivity contribution in [1.82, 2.24) is 15.2 Å². The molecule has 4 aromatic rings. The van der Waals surface area contributed by atoms with Crippen LogP contribution < -0.4 is 24.4 Å². The van der Waals surface area contributed by atoms with Gasteiger partial charge in [-0.3, -0.25) is 14.4 Å². The van der Waals surface area contributed by atoms with Crippen LogP contribution in [0, 0.1) is 0 Å². The first-order valence-electron chi connectivity index (χ1n) is 12.8. The van der Waals surface area contributed by atoms with E-state index in [0.717, 1.165) is 41.5 Å². The lowest BCUT2D eigenvalue weighted by molar-refractivity contribution is 0.0948. The summed E-state index contributed by atoms with van der Waals surface area (Å²) in [5.41, 5.74) is 1.32. The molecule has 0 aliphatic carbocycles. The summed E-state index contributed by atoms with van der Waals surface area (Å²) in [6, 6.07) is 18.6. The van der Waals surface area contributed by atoms with Crippen LogP contribution in [-0.2, 0) is 10.0 Å². The minimum atomic E-state index is -3.81. The molecule has 10 nitrogen and oxygen atoms in total. The molecular weight excluding hydrogens is 586 g/mol. The van der Waals surface area contributed by atoms with E-state index in [2.05, 4.69) is 19.8 Å². The number of benzene rings is 3. The SMILES string of the molecule is COc1ccc2sc(N3CCN(CCNC(=O)c4ccccc4NS(=O)(=O)c4ccccc4)CC3)nc2c1OC.Cl. The average Bonchev–Trinajstić information content (AvgIpc) is 3.42. The number of anilines is 2. The molecule has 0 spiro atoms. The van der Waals surface area contributed by atoms with Crippen molar-refractivity contribution < 1.29 is 22.7 Å². The summed E-state index contributed by atoms with van der Waals surface area (Å²) in [5.74, 6) is 0.977.